The molecule has 0 spiro atoms. The zero-order valence-corrected chi connectivity index (χ0v) is 11.5. The molecule has 1 aliphatic rings. The average Bonchev–Trinajstić information content (AvgIpc) is 2.75. The van der Waals surface area contributed by atoms with E-state index in [-0.39, 0.29) is 11.9 Å². The molecule has 2 rings (SSSR count). The smallest absolute Gasteiger partial charge is 0.317 e. The molecule has 1 aromatic heterocycles. The first-order valence-electron chi connectivity index (χ1n) is 6.18. The van der Waals surface area contributed by atoms with Gasteiger partial charge in [-0.05, 0) is 19.3 Å². The van der Waals surface area contributed by atoms with Crippen molar-refractivity contribution >= 4 is 17.4 Å². The number of hydrogen-bond acceptors (Lipinski definition) is 4. The van der Waals surface area contributed by atoms with Gasteiger partial charge in [0.15, 0.2) is 0 Å². The van der Waals surface area contributed by atoms with Gasteiger partial charge in [-0.2, -0.15) is 0 Å². The number of likely N-dealkylation sites (tertiary alicyclic amines) is 1. The third-order valence-electron chi connectivity index (χ3n) is 3.29. The number of rotatable bonds is 2. The van der Waals surface area contributed by atoms with Crippen molar-refractivity contribution in [2.45, 2.75) is 32.9 Å². The van der Waals surface area contributed by atoms with E-state index in [9.17, 15) is 9.90 Å². The van der Waals surface area contributed by atoms with Gasteiger partial charge in [0, 0.05) is 24.2 Å². The molecule has 0 aliphatic carbocycles. The summed E-state index contributed by atoms with van der Waals surface area (Å²) in [4.78, 5) is 18.8. The summed E-state index contributed by atoms with van der Waals surface area (Å²) in [7, 11) is 0. The van der Waals surface area contributed by atoms with Gasteiger partial charge in [-0.25, -0.2) is 9.78 Å². The first-order valence-corrected chi connectivity index (χ1v) is 7.00. The summed E-state index contributed by atoms with van der Waals surface area (Å²) in [6, 6.07) is -0.105. The van der Waals surface area contributed by atoms with E-state index in [1.165, 1.54) is 0 Å². The van der Waals surface area contributed by atoms with Gasteiger partial charge in [0.2, 0.25) is 0 Å². The topological polar surface area (TPSA) is 65.5 Å². The highest BCUT2D eigenvalue weighted by molar-refractivity contribution is 7.11. The number of hydrogen-bond donors (Lipinski definition) is 2. The standard InChI is InChI=1S/C12H19N3O2S/c1-8-3-4-15(7-11(8)16)12(17)14-6-10-5-13-9(2)18-10/h5,8,11,16H,3-4,6-7H2,1-2H3,(H,14,17). The second kappa shape index (κ2) is 5.67. The molecule has 2 atom stereocenters. The number of aromatic nitrogens is 1. The summed E-state index contributed by atoms with van der Waals surface area (Å²) in [5.74, 6) is 0.276. The Morgan fingerprint density at radius 2 is 2.50 bits per heavy atom. The Morgan fingerprint density at radius 3 is 3.11 bits per heavy atom. The Bertz CT molecular complexity index is 421. The van der Waals surface area contributed by atoms with Crippen LogP contribution in [0.5, 0.6) is 0 Å². The third kappa shape index (κ3) is 3.20. The molecule has 6 heteroatoms. The van der Waals surface area contributed by atoms with Crippen molar-refractivity contribution in [2.24, 2.45) is 5.92 Å². The Labute approximate surface area is 111 Å². The summed E-state index contributed by atoms with van der Waals surface area (Å²) < 4.78 is 0. The third-order valence-corrected chi connectivity index (χ3v) is 4.20. The number of aryl methyl sites for hydroxylation is 1. The number of β-amino-alcohol motifs (C(OH)–C–C–N with tert-alkyl or cyclic N) is 1. The molecule has 2 N–H and O–H groups in total. The van der Waals surface area contributed by atoms with E-state index in [1.807, 2.05) is 13.8 Å². The van der Waals surface area contributed by atoms with E-state index in [0.29, 0.717) is 19.6 Å². The molecule has 2 unspecified atom stereocenters. The number of nitrogens with zero attached hydrogens (tertiary/aromatic N) is 2. The number of carbonyl (C=O) groups excluding carboxylic acids is 1. The number of thiazole rings is 1. The van der Waals surface area contributed by atoms with Crippen molar-refractivity contribution in [2.75, 3.05) is 13.1 Å². The van der Waals surface area contributed by atoms with Gasteiger partial charge in [0.1, 0.15) is 0 Å². The minimum Gasteiger partial charge on any atom is -0.391 e. The molecule has 0 aromatic carbocycles. The van der Waals surface area contributed by atoms with Crippen molar-refractivity contribution in [1.82, 2.24) is 15.2 Å². The second-order valence-corrected chi connectivity index (χ2v) is 6.10. The lowest BCUT2D eigenvalue weighted by Gasteiger charge is -2.34. The molecule has 18 heavy (non-hydrogen) atoms. The first-order chi connectivity index (χ1) is 8.56. The molecule has 0 bridgehead atoms. The molecular formula is C12H19N3O2S. The van der Waals surface area contributed by atoms with Crippen LogP contribution in [0.3, 0.4) is 0 Å². The largest absolute Gasteiger partial charge is 0.391 e. The van der Waals surface area contributed by atoms with Crippen LogP contribution in [0, 0.1) is 12.8 Å². The maximum absolute atomic E-state index is 11.9. The molecule has 0 saturated carbocycles. The van der Waals surface area contributed by atoms with E-state index in [0.717, 1.165) is 16.3 Å². The van der Waals surface area contributed by atoms with E-state index in [1.54, 1.807) is 22.4 Å². The summed E-state index contributed by atoms with van der Waals surface area (Å²) in [6.07, 6.45) is 2.23. The molecule has 100 valence electrons. The van der Waals surface area contributed by atoms with Crippen molar-refractivity contribution in [3.8, 4) is 0 Å². The normalized spacial score (nSPS) is 24.1. The molecule has 1 saturated heterocycles. The summed E-state index contributed by atoms with van der Waals surface area (Å²) in [5, 5.41) is 13.6. The van der Waals surface area contributed by atoms with Crippen LogP contribution in [0.4, 0.5) is 4.79 Å². The Kier molecular flexibility index (Phi) is 4.19. The van der Waals surface area contributed by atoms with Gasteiger partial charge in [0.05, 0.1) is 17.7 Å². The maximum atomic E-state index is 11.9. The Morgan fingerprint density at radius 1 is 1.72 bits per heavy atom. The van der Waals surface area contributed by atoms with Crippen LogP contribution < -0.4 is 5.32 Å². The van der Waals surface area contributed by atoms with Crippen LogP contribution in [0.1, 0.15) is 23.2 Å². The van der Waals surface area contributed by atoms with Gasteiger partial charge < -0.3 is 15.3 Å². The van der Waals surface area contributed by atoms with Gasteiger partial charge >= 0.3 is 6.03 Å². The quantitative estimate of drug-likeness (QED) is 0.852. The van der Waals surface area contributed by atoms with Crippen molar-refractivity contribution in [1.29, 1.82) is 0 Å². The van der Waals surface area contributed by atoms with Crippen molar-refractivity contribution < 1.29 is 9.90 Å². The van der Waals surface area contributed by atoms with Crippen LogP contribution in [0.15, 0.2) is 6.20 Å². The average molecular weight is 269 g/mol. The second-order valence-electron chi connectivity index (χ2n) is 4.78. The molecular weight excluding hydrogens is 250 g/mol. The molecule has 5 nitrogen and oxygen atoms in total. The summed E-state index contributed by atoms with van der Waals surface area (Å²) in [5.41, 5.74) is 0. The maximum Gasteiger partial charge on any atom is 0.317 e. The highest BCUT2D eigenvalue weighted by Crippen LogP contribution is 2.17. The predicted octanol–water partition coefficient (Wildman–Crippen LogP) is 1.36. The molecule has 0 radical (unpaired) electrons. The first kappa shape index (κ1) is 13.3. The van der Waals surface area contributed by atoms with Gasteiger partial charge in [-0.3, -0.25) is 0 Å². The Balaban J connectivity index is 1.81. The van der Waals surface area contributed by atoms with Gasteiger partial charge in [-0.15, -0.1) is 11.3 Å². The SMILES string of the molecule is Cc1ncc(CNC(=O)N2CCC(C)C(O)C2)s1. The molecule has 2 amide bonds. The van der Waals surface area contributed by atoms with Crippen molar-refractivity contribution in [3.63, 3.8) is 0 Å². The fraction of sp³-hybridized carbons (Fsp3) is 0.667. The monoisotopic (exact) mass is 269 g/mol. The number of urea groups is 1. The van der Waals surface area contributed by atoms with Gasteiger partial charge in [-0.1, -0.05) is 6.92 Å². The minimum atomic E-state index is -0.407. The fourth-order valence-corrected chi connectivity index (χ4v) is 2.73. The minimum absolute atomic E-state index is 0.105. The lowest BCUT2D eigenvalue weighted by atomic mass is 9.96. The molecule has 1 aliphatic heterocycles. The van der Waals surface area contributed by atoms with E-state index in [4.69, 9.17) is 0 Å². The van der Waals surface area contributed by atoms with E-state index >= 15 is 0 Å². The molecule has 2 heterocycles. The number of piperidine rings is 1. The number of aliphatic hydroxyl groups is 1. The predicted molar refractivity (Wildman–Crippen MR) is 70.4 cm³/mol. The molecule has 1 aromatic rings. The fourth-order valence-electron chi connectivity index (χ4n) is 1.99. The zero-order chi connectivity index (χ0) is 13.1. The van der Waals surface area contributed by atoms with Crippen LogP contribution >= 0.6 is 11.3 Å². The number of carbonyl (C=O) groups is 1. The van der Waals surface area contributed by atoms with Crippen LogP contribution in [0.25, 0.3) is 0 Å². The number of nitrogens with one attached hydrogen (secondary N) is 1. The summed E-state index contributed by atoms with van der Waals surface area (Å²) in [6.45, 7) is 5.60. The lowest BCUT2D eigenvalue weighted by molar-refractivity contribution is 0.0435. The Hall–Kier alpha value is -1.14. The highest BCUT2D eigenvalue weighted by atomic mass is 32.1. The highest BCUT2D eigenvalue weighted by Gasteiger charge is 2.27. The zero-order valence-electron chi connectivity index (χ0n) is 10.7. The van der Waals surface area contributed by atoms with Crippen LogP contribution in [-0.2, 0) is 6.54 Å². The van der Waals surface area contributed by atoms with E-state index in [2.05, 4.69) is 10.3 Å². The molecule has 1 fully saturated rings. The van der Waals surface area contributed by atoms with Crippen LogP contribution in [0.2, 0.25) is 0 Å². The lowest BCUT2D eigenvalue weighted by Crippen LogP contribution is -2.49. The van der Waals surface area contributed by atoms with Crippen LogP contribution in [-0.4, -0.2) is 40.2 Å². The van der Waals surface area contributed by atoms with Gasteiger partial charge in [0.25, 0.3) is 0 Å². The number of aliphatic hydroxyl groups excluding tert-OH is 1. The summed E-state index contributed by atoms with van der Waals surface area (Å²) >= 11 is 1.58. The van der Waals surface area contributed by atoms with E-state index < -0.39 is 6.10 Å². The number of amides is 2. The van der Waals surface area contributed by atoms with Crippen molar-refractivity contribution in [3.05, 3.63) is 16.1 Å².